The third kappa shape index (κ3) is 3.06. The van der Waals surface area contributed by atoms with Crippen molar-refractivity contribution < 1.29 is 14.6 Å². The van der Waals surface area contributed by atoms with E-state index in [1.54, 1.807) is 40.7 Å². The predicted octanol–water partition coefficient (Wildman–Crippen LogP) is 2.45. The Morgan fingerprint density at radius 2 is 2.00 bits per heavy atom. The lowest BCUT2D eigenvalue weighted by Crippen LogP contribution is -2.24. The maximum absolute atomic E-state index is 12.3. The van der Waals surface area contributed by atoms with E-state index >= 15 is 0 Å². The largest absolute Gasteiger partial charge is 0.494 e. The van der Waals surface area contributed by atoms with Gasteiger partial charge in [-0.2, -0.15) is 5.26 Å². The van der Waals surface area contributed by atoms with Gasteiger partial charge in [0.15, 0.2) is 0 Å². The molecular formula is C19H21N3O4. The number of aliphatic imine (C=N–C) groups is 1. The van der Waals surface area contributed by atoms with Crippen molar-refractivity contribution in [3.8, 4) is 11.9 Å². The SMILES string of the molecule is CCOC(=O)C1=C(C)C(=Cc2c(C)c(C#N)c(=O)n(CC)c2O)N=C1C. The van der Waals surface area contributed by atoms with E-state index in [4.69, 9.17) is 4.74 Å². The minimum atomic E-state index is -0.530. The molecule has 7 nitrogen and oxygen atoms in total. The molecule has 0 radical (unpaired) electrons. The molecule has 1 N–H and O–H groups in total. The Balaban J connectivity index is 2.71. The van der Waals surface area contributed by atoms with Crippen LogP contribution in [0.25, 0.3) is 6.08 Å². The van der Waals surface area contributed by atoms with Gasteiger partial charge in [0.2, 0.25) is 5.88 Å². The Labute approximate surface area is 151 Å². The van der Waals surface area contributed by atoms with Crippen molar-refractivity contribution in [3.63, 3.8) is 0 Å². The smallest absolute Gasteiger partial charge is 0.340 e. The van der Waals surface area contributed by atoms with E-state index in [1.807, 2.05) is 6.07 Å². The molecular weight excluding hydrogens is 334 g/mol. The molecule has 2 heterocycles. The molecule has 1 aliphatic rings. The minimum absolute atomic E-state index is 0.0255. The van der Waals surface area contributed by atoms with Crippen LogP contribution in [0, 0.1) is 18.3 Å². The van der Waals surface area contributed by atoms with E-state index in [0.29, 0.717) is 33.7 Å². The van der Waals surface area contributed by atoms with Gasteiger partial charge in [-0.25, -0.2) is 4.79 Å². The molecule has 1 aromatic heterocycles. The average Bonchev–Trinajstić information content (AvgIpc) is 2.86. The average molecular weight is 355 g/mol. The zero-order valence-electron chi connectivity index (χ0n) is 15.5. The van der Waals surface area contributed by atoms with Crippen molar-refractivity contribution in [1.82, 2.24) is 4.57 Å². The first-order chi connectivity index (χ1) is 12.3. The molecule has 0 atom stereocenters. The molecule has 0 spiro atoms. The Morgan fingerprint density at radius 3 is 2.54 bits per heavy atom. The number of allylic oxidation sites excluding steroid dienone is 1. The second-order valence-electron chi connectivity index (χ2n) is 5.85. The molecule has 0 saturated heterocycles. The summed E-state index contributed by atoms with van der Waals surface area (Å²) in [6.07, 6.45) is 1.59. The van der Waals surface area contributed by atoms with Crippen LogP contribution in [0.15, 0.2) is 26.6 Å². The van der Waals surface area contributed by atoms with Gasteiger partial charge in [-0.1, -0.05) is 0 Å². The van der Waals surface area contributed by atoms with Crippen LogP contribution in [-0.2, 0) is 16.1 Å². The van der Waals surface area contributed by atoms with Crippen LogP contribution in [0.5, 0.6) is 5.88 Å². The molecule has 0 aromatic carbocycles. The third-order valence-corrected chi connectivity index (χ3v) is 4.33. The topological polar surface area (TPSA) is 105 Å². The van der Waals surface area contributed by atoms with Gasteiger partial charge in [0.05, 0.1) is 23.6 Å². The van der Waals surface area contributed by atoms with Crippen molar-refractivity contribution in [3.05, 3.63) is 43.9 Å². The fraction of sp³-hybridized carbons (Fsp3) is 0.368. The normalized spacial score (nSPS) is 15.2. The fourth-order valence-corrected chi connectivity index (χ4v) is 2.94. The number of pyridine rings is 1. The lowest BCUT2D eigenvalue weighted by Gasteiger charge is -2.13. The molecule has 0 aliphatic carbocycles. The number of hydrogen-bond donors (Lipinski definition) is 1. The van der Waals surface area contributed by atoms with Crippen molar-refractivity contribution >= 4 is 17.8 Å². The van der Waals surface area contributed by atoms with Crippen LogP contribution >= 0.6 is 0 Å². The van der Waals surface area contributed by atoms with Gasteiger partial charge < -0.3 is 9.84 Å². The zero-order valence-corrected chi connectivity index (χ0v) is 15.5. The van der Waals surface area contributed by atoms with Gasteiger partial charge in [0, 0.05) is 12.1 Å². The highest BCUT2D eigenvalue weighted by Gasteiger charge is 2.26. The van der Waals surface area contributed by atoms with Gasteiger partial charge >= 0.3 is 5.97 Å². The summed E-state index contributed by atoms with van der Waals surface area (Å²) >= 11 is 0. The van der Waals surface area contributed by atoms with Crippen molar-refractivity contribution in [2.45, 2.75) is 41.2 Å². The van der Waals surface area contributed by atoms with Crippen LogP contribution < -0.4 is 5.56 Å². The first-order valence-electron chi connectivity index (χ1n) is 8.30. The number of esters is 1. The van der Waals surface area contributed by atoms with Gasteiger partial charge in [-0.05, 0) is 51.8 Å². The Bertz CT molecular complexity index is 972. The molecule has 2 rings (SSSR count). The van der Waals surface area contributed by atoms with Crippen LogP contribution in [0.1, 0.15) is 44.4 Å². The summed E-state index contributed by atoms with van der Waals surface area (Å²) < 4.78 is 6.19. The van der Waals surface area contributed by atoms with E-state index in [-0.39, 0.29) is 24.6 Å². The lowest BCUT2D eigenvalue weighted by atomic mass is 10.0. The number of carbonyl (C=O) groups is 1. The van der Waals surface area contributed by atoms with E-state index in [9.17, 15) is 20.0 Å². The summed E-state index contributed by atoms with van der Waals surface area (Å²) in [5, 5.41) is 19.8. The van der Waals surface area contributed by atoms with Crippen molar-refractivity contribution in [2.75, 3.05) is 6.61 Å². The maximum Gasteiger partial charge on any atom is 0.340 e. The molecule has 7 heteroatoms. The fourth-order valence-electron chi connectivity index (χ4n) is 2.94. The molecule has 0 saturated carbocycles. The van der Waals surface area contributed by atoms with Gasteiger partial charge in [0.25, 0.3) is 5.56 Å². The minimum Gasteiger partial charge on any atom is -0.494 e. The molecule has 1 aliphatic heterocycles. The summed E-state index contributed by atoms with van der Waals surface area (Å²) in [4.78, 5) is 28.8. The van der Waals surface area contributed by atoms with Crippen LogP contribution in [0.4, 0.5) is 0 Å². The number of ether oxygens (including phenoxy) is 1. The van der Waals surface area contributed by atoms with E-state index in [2.05, 4.69) is 4.99 Å². The molecule has 0 unspecified atom stereocenters. The number of rotatable bonds is 4. The Hall–Kier alpha value is -3.14. The number of nitrogens with zero attached hydrogens (tertiary/aromatic N) is 3. The number of carbonyl (C=O) groups excluding carboxylic acids is 1. The van der Waals surface area contributed by atoms with Crippen LogP contribution in [0.2, 0.25) is 0 Å². The van der Waals surface area contributed by atoms with Crippen LogP contribution in [0.3, 0.4) is 0 Å². The molecule has 0 fully saturated rings. The van der Waals surface area contributed by atoms with Crippen molar-refractivity contribution in [2.24, 2.45) is 4.99 Å². The number of aromatic hydroxyl groups is 1. The number of aromatic nitrogens is 1. The first-order valence-corrected chi connectivity index (χ1v) is 8.30. The maximum atomic E-state index is 12.3. The predicted molar refractivity (Wildman–Crippen MR) is 97.9 cm³/mol. The summed E-state index contributed by atoms with van der Waals surface area (Å²) in [7, 11) is 0. The lowest BCUT2D eigenvalue weighted by molar-refractivity contribution is -0.137. The van der Waals surface area contributed by atoms with E-state index in [1.165, 1.54) is 0 Å². The number of nitriles is 1. The standard InChI is InChI=1S/C19H21N3O4/c1-6-22-17(23)13(10(3)14(9-20)18(22)24)8-15-11(4)16(12(5)21-15)19(25)26-7-2/h8,23H,6-7H2,1-5H3. The zero-order chi connectivity index (χ0) is 19.6. The highest BCUT2D eigenvalue weighted by atomic mass is 16.5. The van der Waals surface area contributed by atoms with Crippen LogP contribution in [-0.4, -0.2) is 28.0 Å². The summed E-state index contributed by atoms with van der Waals surface area (Å²) in [5.74, 6) is -0.682. The molecule has 0 amide bonds. The first kappa shape index (κ1) is 19.2. The van der Waals surface area contributed by atoms with Gasteiger partial charge in [0.1, 0.15) is 11.6 Å². The quantitative estimate of drug-likeness (QED) is 0.835. The van der Waals surface area contributed by atoms with Gasteiger partial charge in [-0.3, -0.25) is 14.4 Å². The highest BCUT2D eigenvalue weighted by Crippen LogP contribution is 2.31. The Morgan fingerprint density at radius 1 is 1.35 bits per heavy atom. The molecule has 0 bridgehead atoms. The van der Waals surface area contributed by atoms with Gasteiger partial charge in [-0.15, -0.1) is 0 Å². The highest BCUT2D eigenvalue weighted by molar-refractivity contribution is 6.22. The third-order valence-electron chi connectivity index (χ3n) is 4.33. The molecule has 26 heavy (non-hydrogen) atoms. The Kier molecular flexibility index (Phi) is 5.46. The second kappa shape index (κ2) is 7.40. The molecule has 136 valence electrons. The summed E-state index contributed by atoms with van der Waals surface area (Å²) in [6, 6.07) is 1.90. The van der Waals surface area contributed by atoms with Crippen molar-refractivity contribution in [1.29, 1.82) is 5.26 Å². The monoisotopic (exact) mass is 355 g/mol. The second-order valence-corrected chi connectivity index (χ2v) is 5.85. The molecule has 1 aromatic rings. The summed E-state index contributed by atoms with van der Waals surface area (Å²) in [5.41, 5.74) is 2.16. The van der Waals surface area contributed by atoms with E-state index in [0.717, 1.165) is 4.57 Å². The number of hydrogen-bond acceptors (Lipinski definition) is 6. The summed E-state index contributed by atoms with van der Waals surface area (Å²) in [6.45, 7) is 8.96. The van der Waals surface area contributed by atoms with E-state index < -0.39 is 11.5 Å².